The van der Waals surface area contributed by atoms with Crippen molar-refractivity contribution in [1.82, 2.24) is 0 Å². The molecule has 0 atom stereocenters. The zero-order chi connectivity index (χ0) is 15.9. The summed E-state index contributed by atoms with van der Waals surface area (Å²) >= 11 is 0. The molecule has 0 unspecified atom stereocenters. The van der Waals surface area contributed by atoms with Crippen LogP contribution in [0, 0.1) is 0 Å². The van der Waals surface area contributed by atoms with Crippen LogP contribution in [0.1, 0.15) is 58.8 Å². The lowest BCUT2D eigenvalue weighted by molar-refractivity contribution is -0.138. The van der Waals surface area contributed by atoms with Gasteiger partial charge in [-0.05, 0) is 26.7 Å². The van der Waals surface area contributed by atoms with Gasteiger partial charge in [0.2, 0.25) is 0 Å². The van der Waals surface area contributed by atoms with Crippen molar-refractivity contribution in [2.24, 2.45) is 0 Å². The van der Waals surface area contributed by atoms with E-state index in [0.29, 0.717) is 13.2 Å². The van der Waals surface area contributed by atoms with Gasteiger partial charge in [-0.2, -0.15) is 0 Å². The van der Waals surface area contributed by atoms with Crippen LogP contribution < -0.4 is 0 Å². The van der Waals surface area contributed by atoms with Crippen molar-refractivity contribution < 1.29 is 19.1 Å². The van der Waals surface area contributed by atoms with E-state index < -0.39 is 0 Å². The molecule has 21 heavy (non-hydrogen) atoms. The van der Waals surface area contributed by atoms with Gasteiger partial charge in [0.25, 0.3) is 0 Å². The van der Waals surface area contributed by atoms with Gasteiger partial charge in [-0.25, -0.2) is 9.59 Å². The van der Waals surface area contributed by atoms with E-state index in [1.807, 2.05) is 13.8 Å². The lowest BCUT2D eigenvalue weighted by Crippen LogP contribution is -2.03. The van der Waals surface area contributed by atoms with Crippen molar-refractivity contribution >= 4 is 11.9 Å². The van der Waals surface area contributed by atoms with Gasteiger partial charge in [0.05, 0.1) is 13.2 Å². The van der Waals surface area contributed by atoms with Gasteiger partial charge in [0.1, 0.15) is 0 Å². The fraction of sp³-hybridized carbons (Fsp3) is 0.647. The molecular formula is C17H28O4. The molecule has 0 rings (SSSR count). The molecule has 0 aliphatic rings. The van der Waals surface area contributed by atoms with Crippen molar-refractivity contribution in [1.29, 1.82) is 0 Å². The van der Waals surface area contributed by atoms with Crippen LogP contribution in [0.4, 0.5) is 0 Å². The van der Waals surface area contributed by atoms with Gasteiger partial charge in [-0.1, -0.05) is 44.3 Å². The molecule has 4 heteroatoms. The first-order chi connectivity index (χ1) is 10.1. The Labute approximate surface area is 128 Å². The Balaban J connectivity index is 3.23. The van der Waals surface area contributed by atoms with Crippen LogP contribution >= 0.6 is 0 Å². The summed E-state index contributed by atoms with van der Waals surface area (Å²) in [6.45, 7) is 8.07. The summed E-state index contributed by atoms with van der Waals surface area (Å²) in [7, 11) is 0. The summed E-state index contributed by atoms with van der Waals surface area (Å²) in [6.07, 6.45) is 10.1. The Bertz CT molecular complexity index is 341. The molecule has 0 N–H and O–H groups in total. The molecule has 120 valence electrons. The fourth-order valence-corrected chi connectivity index (χ4v) is 1.77. The van der Waals surface area contributed by atoms with Gasteiger partial charge in [0.15, 0.2) is 0 Å². The Morgan fingerprint density at radius 1 is 0.810 bits per heavy atom. The molecule has 0 saturated carbocycles. The summed E-state index contributed by atoms with van der Waals surface area (Å²) in [5.74, 6) is -0.596. The van der Waals surface area contributed by atoms with Gasteiger partial charge in [-0.15, -0.1) is 0 Å². The Hall–Kier alpha value is -1.58. The van der Waals surface area contributed by atoms with Gasteiger partial charge in [-0.3, -0.25) is 0 Å². The average molecular weight is 296 g/mol. The highest BCUT2D eigenvalue weighted by Gasteiger charge is 1.98. The van der Waals surface area contributed by atoms with Gasteiger partial charge >= 0.3 is 11.9 Å². The zero-order valence-electron chi connectivity index (χ0n) is 13.4. The molecule has 0 amide bonds. The predicted molar refractivity (Wildman–Crippen MR) is 83.9 cm³/mol. The van der Waals surface area contributed by atoms with E-state index in [9.17, 15) is 9.59 Å². The molecule has 0 aliphatic heterocycles. The third-order valence-corrected chi connectivity index (χ3v) is 2.85. The minimum atomic E-state index is -0.349. The fourth-order valence-electron chi connectivity index (χ4n) is 1.77. The molecule has 0 saturated heterocycles. The number of esters is 2. The van der Waals surface area contributed by atoms with Crippen molar-refractivity contribution in [3.63, 3.8) is 0 Å². The monoisotopic (exact) mass is 296 g/mol. The predicted octanol–water partition coefficient (Wildman–Crippen LogP) is 3.96. The summed E-state index contributed by atoms with van der Waals surface area (Å²) < 4.78 is 9.96. The Kier molecular flexibility index (Phi) is 12.4. The summed E-state index contributed by atoms with van der Waals surface area (Å²) in [5, 5.41) is 0. The second-order valence-corrected chi connectivity index (χ2v) is 5.24. The van der Waals surface area contributed by atoms with Crippen molar-refractivity contribution in [2.45, 2.75) is 58.8 Å². The second kappa shape index (κ2) is 13.4. The maximum absolute atomic E-state index is 11.2. The first-order valence-electron chi connectivity index (χ1n) is 7.67. The number of rotatable bonds is 12. The minimum absolute atomic E-state index is 0.246. The van der Waals surface area contributed by atoms with E-state index in [2.05, 4.69) is 6.58 Å². The highest BCUT2D eigenvalue weighted by Crippen LogP contribution is 2.07. The van der Waals surface area contributed by atoms with Gasteiger partial charge in [0, 0.05) is 12.2 Å². The number of ether oxygens (including phenoxy) is 2. The Morgan fingerprint density at radius 3 is 1.67 bits per heavy atom. The third-order valence-electron chi connectivity index (χ3n) is 2.85. The second-order valence-electron chi connectivity index (χ2n) is 5.24. The maximum Gasteiger partial charge on any atom is 0.330 e. The summed E-state index contributed by atoms with van der Waals surface area (Å²) in [6, 6.07) is 0. The molecule has 0 aromatic heterocycles. The first kappa shape index (κ1) is 19.4. The zero-order valence-corrected chi connectivity index (χ0v) is 13.4. The van der Waals surface area contributed by atoms with E-state index in [4.69, 9.17) is 9.47 Å². The van der Waals surface area contributed by atoms with E-state index in [1.54, 1.807) is 0 Å². The molecule has 0 aromatic carbocycles. The number of allylic oxidation sites excluding steroid dienone is 1. The standard InChI is InChI=1S/C17H28O4/c1-4-16(18)20-12-10-8-6-5-7-9-11-13-21-17(19)14-15(2)3/h4,14H,1,5-13H2,2-3H3. The molecule has 0 radical (unpaired) electrons. The quantitative estimate of drug-likeness (QED) is 0.311. The molecule has 0 aliphatic carbocycles. The number of carbonyl (C=O) groups is 2. The molecule has 0 spiro atoms. The summed E-state index contributed by atoms with van der Waals surface area (Å²) in [5.41, 5.74) is 0.957. The van der Waals surface area contributed by atoms with E-state index in [-0.39, 0.29) is 11.9 Å². The first-order valence-corrected chi connectivity index (χ1v) is 7.67. The minimum Gasteiger partial charge on any atom is -0.463 e. The Morgan fingerprint density at radius 2 is 1.24 bits per heavy atom. The average Bonchev–Trinajstić information content (AvgIpc) is 2.43. The lowest BCUT2D eigenvalue weighted by Gasteiger charge is -2.04. The van der Waals surface area contributed by atoms with Crippen LogP contribution in [-0.4, -0.2) is 25.2 Å². The lowest BCUT2D eigenvalue weighted by atomic mass is 10.1. The van der Waals surface area contributed by atoms with Crippen molar-refractivity contribution in [3.8, 4) is 0 Å². The molecular weight excluding hydrogens is 268 g/mol. The number of unbranched alkanes of at least 4 members (excludes halogenated alkanes) is 6. The molecule has 0 fully saturated rings. The van der Waals surface area contributed by atoms with Crippen molar-refractivity contribution in [3.05, 3.63) is 24.3 Å². The van der Waals surface area contributed by atoms with E-state index >= 15 is 0 Å². The van der Waals surface area contributed by atoms with Gasteiger partial charge < -0.3 is 9.47 Å². The van der Waals surface area contributed by atoms with Crippen LogP contribution in [0.5, 0.6) is 0 Å². The smallest absolute Gasteiger partial charge is 0.330 e. The molecule has 4 nitrogen and oxygen atoms in total. The maximum atomic E-state index is 11.2. The molecule has 0 bridgehead atoms. The largest absolute Gasteiger partial charge is 0.463 e. The van der Waals surface area contributed by atoms with Crippen molar-refractivity contribution in [2.75, 3.05) is 13.2 Å². The van der Waals surface area contributed by atoms with E-state index in [0.717, 1.165) is 50.5 Å². The SMILES string of the molecule is C=CC(=O)OCCCCCCCCCOC(=O)C=C(C)C. The van der Waals surface area contributed by atoms with Crippen LogP contribution in [0.25, 0.3) is 0 Å². The van der Waals surface area contributed by atoms with Crippen LogP contribution in [0.3, 0.4) is 0 Å². The normalized spacial score (nSPS) is 9.81. The summed E-state index contributed by atoms with van der Waals surface area (Å²) in [4.78, 5) is 22.0. The molecule has 0 aromatic rings. The number of carbonyl (C=O) groups excluding carboxylic acids is 2. The third kappa shape index (κ3) is 14.6. The highest BCUT2D eigenvalue weighted by molar-refractivity contribution is 5.82. The number of hydrogen-bond acceptors (Lipinski definition) is 4. The highest BCUT2D eigenvalue weighted by atomic mass is 16.5. The van der Waals surface area contributed by atoms with Crippen LogP contribution in [0.2, 0.25) is 0 Å². The topological polar surface area (TPSA) is 52.6 Å². The number of hydrogen-bond donors (Lipinski definition) is 0. The van der Waals surface area contributed by atoms with Crippen LogP contribution in [0.15, 0.2) is 24.3 Å². The van der Waals surface area contributed by atoms with E-state index in [1.165, 1.54) is 12.2 Å². The van der Waals surface area contributed by atoms with Crippen LogP contribution in [-0.2, 0) is 19.1 Å². The molecule has 0 heterocycles.